The van der Waals surface area contributed by atoms with Gasteiger partial charge in [0.25, 0.3) is 0 Å². The lowest BCUT2D eigenvalue weighted by Crippen LogP contribution is -2.22. The minimum atomic E-state index is -1.57. The summed E-state index contributed by atoms with van der Waals surface area (Å²) in [5.41, 5.74) is 4.94. The highest BCUT2D eigenvalue weighted by molar-refractivity contribution is 5.90. The zero-order valence-corrected chi connectivity index (χ0v) is 8.40. The highest BCUT2D eigenvalue weighted by Gasteiger charge is 2.21. The Morgan fingerprint density at radius 1 is 1.38 bits per heavy atom. The van der Waals surface area contributed by atoms with Crippen molar-refractivity contribution in [2.45, 2.75) is 13.0 Å². The molecule has 5 nitrogen and oxygen atoms in total. The molecule has 86 valence electrons. The Labute approximate surface area is 90.3 Å². The van der Waals surface area contributed by atoms with Crippen molar-refractivity contribution in [3.8, 4) is 0 Å². The van der Waals surface area contributed by atoms with E-state index in [1.165, 1.54) is 6.92 Å². The maximum atomic E-state index is 13.4. The molecular formula is C10H10FNO4. The van der Waals surface area contributed by atoms with E-state index in [2.05, 4.69) is 0 Å². The molecule has 1 rings (SSSR count). The van der Waals surface area contributed by atoms with Gasteiger partial charge in [0.2, 0.25) is 0 Å². The SMILES string of the molecule is Cc1cc(F)c(C(N)C(=O)O)cc1C(=O)O. The molecule has 6 heteroatoms. The van der Waals surface area contributed by atoms with Crippen LogP contribution >= 0.6 is 0 Å². The van der Waals surface area contributed by atoms with E-state index in [1.807, 2.05) is 0 Å². The molecule has 4 N–H and O–H groups in total. The first-order valence-electron chi connectivity index (χ1n) is 4.36. The van der Waals surface area contributed by atoms with E-state index in [-0.39, 0.29) is 16.7 Å². The molecule has 1 atom stereocenters. The number of aliphatic carboxylic acids is 1. The number of carboxylic acids is 2. The van der Waals surface area contributed by atoms with Crippen LogP contribution in [0.4, 0.5) is 4.39 Å². The summed E-state index contributed by atoms with van der Waals surface area (Å²) in [4.78, 5) is 21.3. The molecule has 0 aliphatic rings. The summed E-state index contributed by atoms with van der Waals surface area (Å²) in [6.07, 6.45) is 0. The summed E-state index contributed by atoms with van der Waals surface area (Å²) in [6, 6.07) is 0.339. The monoisotopic (exact) mass is 227 g/mol. The van der Waals surface area contributed by atoms with Crippen molar-refractivity contribution >= 4 is 11.9 Å². The zero-order valence-electron chi connectivity index (χ0n) is 8.40. The Hall–Kier alpha value is -1.95. The molecule has 0 saturated heterocycles. The highest BCUT2D eigenvalue weighted by Crippen LogP contribution is 2.20. The average Bonchev–Trinajstić information content (AvgIpc) is 2.16. The lowest BCUT2D eigenvalue weighted by Gasteiger charge is -2.10. The number of aromatic carboxylic acids is 1. The fourth-order valence-corrected chi connectivity index (χ4v) is 1.29. The van der Waals surface area contributed by atoms with Gasteiger partial charge in [-0.1, -0.05) is 0 Å². The molecule has 16 heavy (non-hydrogen) atoms. The van der Waals surface area contributed by atoms with Crippen molar-refractivity contribution in [1.29, 1.82) is 0 Å². The van der Waals surface area contributed by atoms with Crippen LogP contribution in [0.15, 0.2) is 12.1 Å². The third-order valence-corrected chi connectivity index (χ3v) is 2.18. The molecule has 0 bridgehead atoms. The number of hydrogen-bond acceptors (Lipinski definition) is 3. The number of halogens is 1. The van der Waals surface area contributed by atoms with Gasteiger partial charge in [0, 0.05) is 5.56 Å². The van der Waals surface area contributed by atoms with Crippen LogP contribution in [0.25, 0.3) is 0 Å². The molecule has 1 unspecified atom stereocenters. The molecule has 0 radical (unpaired) electrons. The molecule has 0 spiro atoms. The fraction of sp³-hybridized carbons (Fsp3) is 0.200. The van der Waals surface area contributed by atoms with Crippen LogP contribution in [0.2, 0.25) is 0 Å². The van der Waals surface area contributed by atoms with E-state index in [9.17, 15) is 14.0 Å². The van der Waals surface area contributed by atoms with Crippen molar-refractivity contribution < 1.29 is 24.2 Å². The molecular weight excluding hydrogens is 217 g/mol. The molecule has 1 aromatic carbocycles. The van der Waals surface area contributed by atoms with Gasteiger partial charge in [-0.15, -0.1) is 0 Å². The summed E-state index contributed by atoms with van der Waals surface area (Å²) in [6.45, 7) is 1.42. The van der Waals surface area contributed by atoms with Gasteiger partial charge in [0.05, 0.1) is 5.56 Å². The predicted octanol–water partition coefficient (Wildman–Crippen LogP) is 0.917. The molecule has 1 aromatic rings. The molecule has 0 amide bonds. The standard InChI is InChI=1S/C10H10FNO4/c1-4-2-7(11)6(8(12)10(15)16)3-5(4)9(13)14/h2-3,8H,12H2,1H3,(H,13,14)(H,15,16). The van der Waals surface area contributed by atoms with E-state index in [0.29, 0.717) is 0 Å². The normalized spacial score (nSPS) is 12.2. The summed E-state index contributed by atoms with van der Waals surface area (Å²) < 4.78 is 13.4. The third-order valence-electron chi connectivity index (χ3n) is 2.18. The molecule has 0 heterocycles. The lowest BCUT2D eigenvalue weighted by molar-refractivity contribution is -0.138. The third kappa shape index (κ3) is 2.17. The molecule has 0 aromatic heterocycles. The number of carbonyl (C=O) groups is 2. The van der Waals surface area contributed by atoms with Gasteiger partial charge in [0.1, 0.15) is 11.9 Å². The second-order valence-electron chi connectivity index (χ2n) is 3.31. The van der Waals surface area contributed by atoms with Crippen LogP contribution in [-0.2, 0) is 4.79 Å². The number of benzene rings is 1. The van der Waals surface area contributed by atoms with Crippen LogP contribution in [0.1, 0.15) is 27.5 Å². The number of nitrogens with two attached hydrogens (primary N) is 1. The lowest BCUT2D eigenvalue weighted by atomic mass is 10.00. The van der Waals surface area contributed by atoms with Crippen LogP contribution < -0.4 is 5.73 Å². The van der Waals surface area contributed by atoms with Gasteiger partial charge in [0.15, 0.2) is 0 Å². The Morgan fingerprint density at radius 2 is 1.94 bits per heavy atom. The Kier molecular flexibility index (Phi) is 3.24. The molecule has 0 fully saturated rings. The second kappa shape index (κ2) is 4.28. The maximum absolute atomic E-state index is 13.4. The Balaban J connectivity index is 3.35. The summed E-state index contributed by atoms with van der Waals surface area (Å²) in [5, 5.41) is 17.4. The summed E-state index contributed by atoms with van der Waals surface area (Å²) in [5.74, 6) is -3.49. The van der Waals surface area contributed by atoms with E-state index < -0.39 is 23.8 Å². The zero-order chi connectivity index (χ0) is 12.5. The second-order valence-corrected chi connectivity index (χ2v) is 3.31. The molecule has 0 aliphatic heterocycles. The first kappa shape index (κ1) is 12.1. The number of aryl methyl sites for hydroxylation is 1. The van der Waals surface area contributed by atoms with Crippen molar-refractivity contribution in [3.05, 3.63) is 34.6 Å². The van der Waals surface area contributed by atoms with Crippen LogP contribution in [0, 0.1) is 12.7 Å². The van der Waals surface area contributed by atoms with Crippen molar-refractivity contribution in [1.82, 2.24) is 0 Å². The van der Waals surface area contributed by atoms with Crippen LogP contribution in [-0.4, -0.2) is 22.2 Å². The number of carboxylic acid groups (broad SMARTS) is 2. The Morgan fingerprint density at radius 3 is 2.38 bits per heavy atom. The van der Waals surface area contributed by atoms with Gasteiger partial charge in [-0.05, 0) is 24.6 Å². The van der Waals surface area contributed by atoms with Gasteiger partial charge < -0.3 is 15.9 Å². The van der Waals surface area contributed by atoms with Gasteiger partial charge in [-0.2, -0.15) is 0 Å². The summed E-state index contributed by atoms with van der Waals surface area (Å²) in [7, 11) is 0. The van der Waals surface area contributed by atoms with Crippen LogP contribution in [0.5, 0.6) is 0 Å². The van der Waals surface area contributed by atoms with Crippen LogP contribution in [0.3, 0.4) is 0 Å². The fourth-order valence-electron chi connectivity index (χ4n) is 1.29. The van der Waals surface area contributed by atoms with E-state index in [0.717, 1.165) is 12.1 Å². The predicted molar refractivity (Wildman–Crippen MR) is 52.7 cm³/mol. The van der Waals surface area contributed by atoms with E-state index in [1.54, 1.807) is 0 Å². The molecule has 0 saturated carbocycles. The first-order valence-corrected chi connectivity index (χ1v) is 4.36. The smallest absolute Gasteiger partial charge is 0.335 e. The molecule has 0 aliphatic carbocycles. The van der Waals surface area contributed by atoms with E-state index >= 15 is 0 Å². The maximum Gasteiger partial charge on any atom is 0.335 e. The number of rotatable bonds is 3. The first-order chi connectivity index (χ1) is 7.34. The van der Waals surface area contributed by atoms with Crippen molar-refractivity contribution in [2.24, 2.45) is 5.73 Å². The van der Waals surface area contributed by atoms with Gasteiger partial charge in [-0.3, -0.25) is 4.79 Å². The van der Waals surface area contributed by atoms with Gasteiger partial charge >= 0.3 is 11.9 Å². The largest absolute Gasteiger partial charge is 0.480 e. The highest BCUT2D eigenvalue weighted by atomic mass is 19.1. The quantitative estimate of drug-likeness (QED) is 0.712. The summed E-state index contributed by atoms with van der Waals surface area (Å²) >= 11 is 0. The van der Waals surface area contributed by atoms with Crippen molar-refractivity contribution in [2.75, 3.05) is 0 Å². The minimum absolute atomic E-state index is 0.159. The van der Waals surface area contributed by atoms with Gasteiger partial charge in [-0.25, -0.2) is 9.18 Å². The topological polar surface area (TPSA) is 101 Å². The number of hydrogen-bond donors (Lipinski definition) is 3. The van der Waals surface area contributed by atoms with Crippen molar-refractivity contribution in [3.63, 3.8) is 0 Å². The average molecular weight is 227 g/mol. The minimum Gasteiger partial charge on any atom is -0.480 e. The Bertz CT molecular complexity index is 458. The van der Waals surface area contributed by atoms with E-state index in [4.69, 9.17) is 15.9 Å².